The van der Waals surface area contributed by atoms with Gasteiger partial charge >= 0.3 is 12.4 Å². The van der Waals surface area contributed by atoms with E-state index < -0.39 is 36.5 Å². The van der Waals surface area contributed by atoms with Crippen LogP contribution in [0.5, 0.6) is 0 Å². The number of rotatable bonds is 8. The maximum absolute atomic E-state index is 12.6. The van der Waals surface area contributed by atoms with E-state index in [1.54, 1.807) is 6.92 Å². The molecule has 6 nitrogen and oxygen atoms in total. The number of amides is 1. The normalized spacial score (nSPS) is 24.0. The molecule has 24 heavy (non-hydrogen) atoms. The predicted octanol–water partition coefficient (Wildman–Crippen LogP) is 1.53. The van der Waals surface area contributed by atoms with Gasteiger partial charge in [-0.25, -0.2) is 4.79 Å². The lowest BCUT2D eigenvalue weighted by atomic mass is 9.88. The molecule has 0 radical (unpaired) electrons. The number of carbonyl (C=O) groups excluding carboxylic acids is 2. The van der Waals surface area contributed by atoms with Gasteiger partial charge in [0.2, 0.25) is 0 Å². The lowest BCUT2D eigenvalue weighted by Gasteiger charge is -2.36. The maximum atomic E-state index is 12.6. The van der Waals surface area contributed by atoms with Gasteiger partial charge in [-0.2, -0.15) is 8.78 Å². The van der Waals surface area contributed by atoms with Crippen LogP contribution in [0.15, 0.2) is 11.6 Å². The zero-order valence-electron chi connectivity index (χ0n) is 14.3. The molecule has 0 fully saturated rings. The van der Waals surface area contributed by atoms with Crippen LogP contribution in [0.2, 0.25) is 0 Å². The van der Waals surface area contributed by atoms with Gasteiger partial charge in [-0.15, -0.1) is 0 Å². The highest BCUT2D eigenvalue weighted by Crippen LogP contribution is 2.24. The molecule has 0 heterocycles. The van der Waals surface area contributed by atoms with Crippen LogP contribution in [-0.4, -0.2) is 49.2 Å². The van der Waals surface area contributed by atoms with E-state index in [4.69, 9.17) is 15.2 Å². The van der Waals surface area contributed by atoms with Crippen molar-refractivity contribution in [2.75, 3.05) is 6.61 Å². The molecule has 1 aliphatic rings. The average Bonchev–Trinajstić information content (AvgIpc) is 2.54. The SMILES string of the molecule is CCOC(=O)C1=CC(OC(CC)CC)C(NC(=O)C(F)F)C(N)C1. The Balaban J connectivity index is 3.02. The number of hydrogen-bond donors (Lipinski definition) is 2. The molecule has 0 aromatic rings. The van der Waals surface area contributed by atoms with E-state index in [0.717, 1.165) is 0 Å². The van der Waals surface area contributed by atoms with Crippen molar-refractivity contribution in [3.05, 3.63) is 11.6 Å². The molecular formula is C16H26F2N2O4. The second-order valence-electron chi connectivity index (χ2n) is 5.65. The zero-order valence-corrected chi connectivity index (χ0v) is 14.3. The van der Waals surface area contributed by atoms with Gasteiger partial charge < -0.3 is 20.5 Å². The Morgan fingerprint density at radius 1 is 1.33 bits per heavy atom. The Bertz CT molecular complexity index is 467. The quantitative estimate of drug-likeness (QED) is 0.649. The summed E-state index contributed by atoms with van der Waals surface area (Å²) < 4.78 is 36.0. The molecule has 0 aromatic heterocycles. The zero-order chi connectivity index (χ0) is 18.3. The summed E-state index contributed by atoms with van der Waals surface area (Å²) >= 11 is 0. The van der Waals surface area contributed by atoms with E-state index in [-0.39, 0.29) is 19.1 Å². The van der Waals surface area contributed by atoms with Crippen LogP contribution >= 0.6 is 0 Å². The first kappa shape index (κ1) is 20.5. The van der Waals surface area contributed by atoms with Crippen LogP contribution in [0.25, 0.3) is 0 Å². The lowest BCUT2D eigenvalue weighted by Crippen LogP contribution is -2.58. The van der Waals surface area contributed by atoms with Gasteiger partial charge in [-0.05, 0) is 32.3 Å². The van der Waals surface area contributed by atoms with E-state index in [1.807, 2.05) is 13.8 Å². The van der Waals surface area contributed by atoms with Crippen LogP contribution in [0, 0.1) is 0 Å². The van der Waals surface area contributed by atoms with Gasteiger partial charge in [0.25, 0.3) is 5.91 Å². The van der Waals surface area contributed by atoms with Gasteiger partial charge in [0, 0.05) is 11.6 Å². The summed E-state index contributed by atoms with van der Waals surface area (Å²) in [5, 5.41) is 2.23. The summed E-state index contributed by atoms with van der Waals surface area (Å²) in [6, 6.07) is -1.55. The standard InChI is InChI=1S/C16H26F2N2O4/c1-4-10(5-2)24-12-8-9(16(22)23-6-3)7-11(19)13(12)20-15(21)14(17)18/h8,10-14H,4-7,19H2,1-3H3,(H,20,21). The highest BCUT2D eigenvalue weighted by molar-refractivity contribution is 5.89. The molecule has 0 aromatic carbocycles. The first-order valence-electron chi connectivity index (χ1n) is 8.21. The Morgan fingerprint density at radius 2 is 1.96 bits per heavy atom. The highest BCUT2D eigenvalue weighted by Gasteiger charge is 2.37. The van der Waals surface area contributed by atoms with Crippen LogP contribution in [0.3, 0.4) is 0 Å². The topological polar surface area (TPSA) is 90.6 Å². The fourth-order valence-corrected chi connectivity index (χ4v) is 2.61. The number of halogens is 2. The third-order valence-corrected chi connectivity index (χ3v) is 3.94. The fraction of sp³-hybridized carbons (Fsp3) is 0.750. The Kier molecular flexibility index (Phi) is 8.27. The second kappa shape index (κ2) is 9.68. The van der Waals surface area contributed by atoms with Crippen molar-refractivity contribution in [2.45, 2.75) is 70.8 Å². The minimum absolute atomic E-state index is 0.121. The van der Waals surface area contributed by atoms with Gasteiger partial charge in [0.1, 0.15) is 0 Å². The molecule has 0 saturated heterocycles. The van der Waals surface area contributed by atoms with Crippen molar-refractivity contribution in [1.29, 1.82) is 0 Å². The number of esters is 1. The average molecular weight is 348 g/mol. The summed E-state index contributed by atoms with van der Waals surface area (Å²) in [5.41, 5.74) is 6.35. The maximum Gasteiger partial charge on any atom is 0.333 e. The molecule has 3 atom stereocenters. The highest BCUT2D eigenvalue weighted by atomic mass is 19.3. The summed E-state index contributed by atoms with van der Waals surface area (Å²) in [6.45, 7) is 5.76. The second-order valence-corrected chi connectivity index (χ2v) is 5.65. The van der Waals surface area contributed by atoms with Crippen LogP contribution in [0.1, 0.15) is 40.0 Å². The van der Waals surface area contributed by atoms with Gasteiger partial charge in [-0.3, -0.25) is 4.79 Å². The summed E-state index contributed by atoms with van der Waals surface area (Å²) in [6.07, 6.45) is -0.972. The van der Waals surface area contributed by atoms with Gasteiger partial charge in [0.05, 0.1) is 24.9 Å². The lowest BCUT2D eigenvalue weighted by molar-refractivity contribution is -0.139. The Hall–Kier alpha value is -1.54. The number of carbonyl (C=O) groups is 2. The van der Waals surface area contributed by atoms with E-state index in [0.29, 0.717) is 18.4 Å². The molecule has 8 heteroatoms. The number of alkyl halides is 2. The van der Waals surface area contributed by atoms with Gasteiger partial charge in [0.15, 0.2) is 0 Å². The summed E-state index contributed by atoms with van der Waals surface area (Å²) in [5.74, 6) is -1.91. The molecule has 1 aliphatic carbocycles. The van der Waals surface area contributed by atoms with Crippen molar-refractivity contribution >= 4 is 11.9 Å². The molecule has 0 saturated carbocycles. The van der Waals surface area contributed by atoms with Crippen LogP contribution in [0.4, 0.5) is 8.78 Å². The van der Waals surface area contributed by atoms with Crippen molar-refractivity contribution in [3.8, 4) is 0 Å². The van der Waals surface area contributed by atoms with Crippen LogP contribution < -0.4 is 11.1 Å². The molecule has 1 amide bonds. The van der Waals surface area contributed by atoms with Crippen LogP contribution in [-0.2, 0) is 19.1 Å². The summed E-state index contributed by atoms with van der Waals surface area (Å²) in [4.78, 5) is 23.3. The van der Waals surface area contributed by atoms with Gasteiger partial charge in [-0.1, -0.05) is 13.8 Å². The molecule has 0 aliphatic heterocycles. The molecule has 1 rings (SSSR count). The van der Waals surface area contributed by atoms with Crippen molar-refractivity contribution in [3.63, 3.8) is 0 Å². The van der Waals surface area contributed by atoms with Crippen molar-refractivity contribution in [1.82, 2.24) is 5.32 Å². The number of nitrogens with one attached hydrogen (secondary N) is 1. The minimum atomic E-state index is -3.14. The van der Waals surface area contributed by atoms with E-state index >= 15 is 0 Å². The Morgan fingerprint density at radius 3 is 2.46 bits per heavy atom. The molecule has 3 N–H and O–H groups in total. The third kappa shape index (κ3) is 5.52. The smallest absolute Gasteiger partial charge is 0.333 e. The van der Waals surface area contributed by atoms with Crippen molar-refractivity contribution in [2.24, 2.45) is 5.73 Å². The first-order chi connectivity index (χ1) is 11.3. The molecule has 0 bridgehead atoms. The minimum Gasteiger partial charge on any atom is -0.463 e. The number of nitrogens with two attached hydrogens (primary N) is 1. The van der Waals surface area contributed by atoms with E-state index in [2.05, 4.69) is 5.32 Å². The monoisotopic (exact) mass is 348 g/mol. The largest absolute Gasteiger partial charge is 0.463 e. The molecular weight excluding hydrogens is 322 g/mol. The van der Waals surface area contributed by atoms with E-state index in [9.17, 15) is 18.4 Å². The number of ether oxygens (including phenoxy) is 2. The molecule has 138 valence electrons. The fourth-order valence-electron chi connectivity index (χ4n) is 2.61. The van der Waals surface area contributed by atoms with Crippen molar-refractivity contribution < 1.29 is 27.8 Å². The van der Waals surface area contributed by atoms with E-state index in [1.165, 1.54) is 6.08 Å². The number of hydrogen-bond acceptors (Lipinski definition) is 5. The summed E-state index contributed by atoms with van der Waals surface area (Å²) in [7, 11) is 0. The predicted molar refractivity (Wildman–Crippen MR) is 84.5 cm³/mol. The Labute approximate surface area is 140 Å². The third-order valence-electron chi connectivity index (χ3n) is 3.94. The first-order valence-corrected chi connectivity index (χ1v) is 8.21. The molecule has 3 unspecified atom stereocenters. The molecule has 0 spiro atoms.